The largest absolute Gasteiger partial charge is 0.547 e. The summed E-state index contributed by atoms with van der Waals surface area (Å²) in [6.07, 6.45) is -1.31. The van der Waals surface area contributed by atoms with E-state index in [0.29, 0.717) is 0 Å². The number of carbonyl (C=O) groups is 1. The summed E-state index contributed by atoms with van der Waals surface area (Å²) in [7, 11) is 0. The third-order valence-corrected chi connectivity index (χ3v) is 1.54. The van der Waals surface area contributed by atoms with Crippen LogP contribution < -0.4 is 11.3 Å². The Hall–Kier alpha value is -1.39. The van der Waals surface area contributed by atoms with Gasteiger partial charge in [0.15, 0.2) is 0 Å². The van der Waals surface area contributed by atoms with Crippen molar-refractivity contribution in [1.29, 1.82) is 0 Å². The molecule has 0 saturated heterocycles. The molecule has 0 aliphatic carbocycles. The number of carboxylic acid groups (broad SMARTS) is 1. The highest BCUT2D eigenvalue weighted by molar-refractivity contribution is 5.70. The molecule has 4 nitrogen and oxygen atoms in total. The van der Waals surface area contributed by atoms with Crippen LogP contribution in [0.25, 0.3) is 0 Å². The molecule has 0 heterocycles. The van der Waals surface area contributed by atoms with Gasteiger partial charge in [-0.15, -0.1) is 0 Å². The van der Waals surface area contributed by atoms with Crippen molar-refractivity contribution in [3.8, 4) is 0 Å². The predicted octanol–water partition coefficient (Wildman–Crippen LogP) is -0.284. The molecule has 0 spiro atoms. The summed E-state index contributed by atoms with van der Waals surface area (Å²) in [5, 5.41) is 19.1. The van der Waals surface area contributed by atoms with Gasteiger partial charge < -0.3 is 21.2 Å². The lowest BCUT2D eigenvalue weighted by molar-refractivity contribution is -0.314. The zero-order valence-electron chi connectivity index (χ0n) is 7.43. The number of benzene rings is 1. The SMILES string of the molecule is O=C([O-])[C@@H](O)Cc1ccccc1.[NH4+]. The summed E-state index contributed by atoms with van der Waals surface area (Å²) in [5.41, 5.74) is 0.786. The van der Waals surface area contributed by atoms with Crippen molar-refractivity contribution in [2.75, 3.05) is 0 Å². The van der Waals surface area contributed by atoms with Crippen molar-refractivity contribution in [3.63, 3.8) is 0 Å². The molecule has 13 heavy (non-hydrogen) atoms. The number of carboxylic acids is 1. The molecule has 1 aromatic rings. The summed E-state index contributed by atoms with van der Waals surface area (Å²) in [6, 6.07) is 8.92. The van der Waals surface area contributed by atoms with E-state index in [4.69, 9.17) is 5.11 Å². The number of aliphatic carboxylic acids is 1. The third-order valence-electron chi connectivity index (χ3n) is 1.54. The topological polar surface area (TPSA) is 96.9 Å². The third kappa shape index (κ3) is 3.68. The second-order valence-electron chi connectivity index (χ2n) is 2.52. The van der Waals surface area contributed by atoms with Gasteiger partial charge >= 0.3 is 0 Å². The number of rotatable bonds is 3. The molecule has 0 unspecified atom stereocenters. The van der Waals surface area contributed by atoms with Gasteiger partial charge in [-0.3, -0.25) is 0 Å². The molecule has 0 aromatic heterocycles. The van der Waals surface area contributed by atoms with Crippen LogP contribution in [-0.4, -0.2) is 17.2 Å². The summed E-state index contributed by atoms with van der Waals surface area (Å²) in [5.74, 6) is -1.43. The van der Waals surface area contributed by atoms with Crippen LogP contribution in [0.5, 0.6) is 0 Å². The highest BCUT2D eigenvalue weighted by atomic mass is 16.4. The maximum absolute atomic E-state index is 10.1. The van der Waals surface area contributed by atoms with Crippen LogP contribution in [0.4, 0.5) is 0 Å². The molecule has 0 saturated carbocycles. The van der Waals surface area contributed by atoms with E-state index < -0.39 is 12.1 Å². The van der Waals surface area contributed by atoms with E-state index in [1.807, 2.05) is 6.07 Å². The van der Waals surface area contributed by atoms with E-state index in [9.17, 15) is 9.90 Å². The Morgan fingerprint density at radius 1 is 1.38 bits per heavy atom. The first-order valence-electron chi connectivity index (χ1n) is 3.63. The minimum atomic E-state index is -1.43. The monoisotopic (exact) mass is 183 g/mol. The number of aliphatic hydroxyl groups is 1. The van der Waals surface area contributed by atoms with Crippen molar-refractivity contribution in [3.05, 3.63) is 35.9 Å². The van der Waals surface area contributed by atoms with Crippen molar-refractivity contribution in [2.45, 2.75) is 12.5 Å². The molecular formula is C9H13NO3. The maximum atomic E-state index is 10.1. The Bertz CT molecular complexity index is 261. The van der Waals surface area contributed by atoms with Crippen molar-refractivity contribution < 1.29 is 15.0 Å². The minimum absolute atomic E-state index is 0. The Morgan fingerprint density at radius 3 is 2.38 bits per heavy atom. The molecule has 0 aliphatic heterocycles. The van der Waals surface area contributed by atoms with Crippen molar-refractivity contribution >= 4 is 5.97 Å². The lowest BCUT2D eigenvalue weighted by atomic mass is 10.1. The summed E-state index contributed by atoms with van der Waals surface area (Å²) < 4.78 is 0. The van der Waals surface area contributed by atoms with Gasteiger partial charge in [0.1, 0.15) is 0 Å². The van der Waals surface area contributed by atoms with Gasteiger partial charge in [-0.1, -0.05) is 30.3 Å². The smallest absolute Gasteiger partial charge is 0.0973 e. The number of hydrogen-bond acceptors (Lipinski definition) is 3. The summed E-state index contributed by atoms with van der Waals surface area (Å²) in [6.45, 7) is 0. The normalized spacial score (nSPS) is 11.5. The van der Waals surface area contributed by atoms with Crippen LogP contribution in [0.3, 0.4) is 0 Å². The van der Waals surface area contributed by atoms with Gasteiger partial charge in [-0.05, 0) is 5.56 Å². The van der Waals surface area contributed by atoms with E-state index in [-0.39, 0.29) is 12.6 Å². The molecule has 72 valence electrons. The van der Waals surface area contributed by atoms with Gasteiger partial charge in [0.25, 0.3) is 0 Å². The zero-order chi connectivity index (χ0) is 8.97. The Morgan fingerprint density at radius 2 is 1.92 bits per heavy atom. The second-order valence-corrected chi connectivity index (χ2v) is 2.52. The van der Waals surface area contributed by atoms with Crippen LogP contribution in [0, 0.1) is 0 Å². The quantitative estimate of drug-likeness (QED) is 0.674. The van der Waals surface area contributed by atoms with E-state index in [2.05, 4.69) is 0 Å². The highest BCUT2D eigenvalue weighted by Crippen LogP contribution is 2.01. The lowest BCUT2D eigenvalue weighted by Gasteiger charge is -2.10. The van der Waals surface area contributed by atoms with Gasteiger partial charge in [-0.2, -0.15) is 0 Å². The van der Waals surface area contributed by atoms with E-state index in [1.165, 1.54) is 0 Å². The second kappa shape index (κ2) is 5.29. The Labute approximate surface area is 76.4 Å². The fraction of sp³-hybridized carbons (Fsp3) is 0.222. The lowest BCUT2D eigenvalue weighted by Crippen LogP contribution is -2.36. The van der Waals surface area contributed by atoms with E-state index >= 15 is 0 Å². The summed E-state index contributed by atoms with van der Waals surface area (Å²) >= 11 is 0. The fourth-order valence-electron chi connectivity index (χ4n) is 0.921. The molecule has 0 fully saturated rings. The van der Waals surface area contributed by atoms with E-state index in [0.717, 1.165) is 5.56 Å². The molecule has 0 bridgehead atoms. The first kappa shape index (κ1) is 11.6. The van der Waals surface area contributed by atoms with E-state index in [1.54, 1.807) is 24.3 Å². The highest BCUT2D eigenvalue weighted by Gasteiger charge is 2.04. The molecule has 0 radical (unpaired) electrons. The predicted molar refractivity (Wildman–Crippen MR) is 47.1 cm³/mol. The van der Waals surface area contributed by atoms with Crippen LogP contribution in [0.2, 0.25) is 0 Å². The van der Waals surface area contributed by atoms with Gasteiger partial charge in [0.05, 0.1) is 12.1 Å². The Balaban J connectivity index is 0.00000144. The van der Waals surface area contributed by atoms with Gasteiger partial charge in [0.2, 0.25) is 0 Å². The minimum Gasteiger partial charge on any atom is -0.547 e. The van der Waals surface area contributed by atoms with Crippen LogP contribution in [0.1, 0.15) is 5.56 Å². The van der Waals surface area contributed by atoms with Crippen LogP contribution in [-0.2, 0) is 11.2 Å². The fourth-order valence-corrected chi connectivity index (χ4v) is 0.921. The first-order chi connectivity index (χ1) is 5.70. The first-order valence-corrected chi connectivity index (χ1v) is 3.63. The maximum Gasteiger partial charge on any atom is 0.0973 e. The molecule has 4 heteroatoms. The molecule has 0 aliphatic rings. The number of quaternary nitrogens is 1. The van der Waals surface area contributed by atoms with Crippen molar-refractivity contribution in [1.82, 2.24) is 6.15 Å². The zero-order valence-corrected chi connectivity index (χ0v) is 7.43. The molecular weight excluding hydrogens is 170 g/mol. The molecule has 1 atom stereocenters. The molecule has 0 amide bonds. The number of aliphatic hydroxyl groups excluding tert-OH is 1. The number of hydrogen-bond donors (Lipinski definition) is 2. The average molecular weight is 183 g/mol. The van der Waals surface area contributed by atoms with Crippen LogP contribution >= 0.6 is 0 Å². The molecule has 5 N–H and O–H groups in total. The molecule has 1 aromatic carbocycles. The van der Waals surface area contributed by atoms with Crippen molar-refractivity contribution in [2.24, 2.45) is 0 Å². The standard InChI is InChI=1S/C9H10O3.H3N/c10-8(9(11)12)6-7-4-2-1-3-5-7;/h1-5,8,10H,6H2,(H,11,12);1H3/t8-;/m0./s1. The van der Waals surface area contributed by atoms with Crippen LogP contribution in [0.15, 0.2) is 30.3 Å². The molecule has 1 rings (SSSR count). The van der Waals surface area contributed by atoms with Gasteiger partial charge in [0, 0.05) is 6.42 Å². The van der Waals surface area contributed by atoms with Gasteiger partial charge in [-0.25, -0.2) is 0 Å². The number of carbonyl (C=O) groups excluding carboxylic acids is 1. The summed E-state index contributed by atoms with van der Waals surface area (Å²) in [4.78, 5) is 10.1. The Kier molecular flexibility index (Phi) is 4.72. The average Bonchev–Trinajstić information content (AvgIpc) is 2.06.